The third kappa shape index (κ3) is 3.23. The fourth-order valence-electron chi connectivity index (χ4n) is 0.729. The standard InChI is InChI=1S/C8H8Cl2OS/c9-5-8(11)12-7-3-1-2-6(10)4-7/h1-4,8,11H,5H2/t8-/m0/s1. The van der Waals surface area contributed by atoms with Gasteiger partial charge < -0.3 is 5.11 Å². The molecule has 1 atom stereocenters. The first-order valence-electron chi connectivity index (χ1n) is 3.38. The lowest BCUT2D eigenvalue weighted by atomic mass is 10.4. The van der Waals surface area contributed by atoms with E-state index in [2.05, 4.69) is 0 Å². The van der Waals surface area contributed by atoms with Crippen LogP contribution in [-0.4, -0.2) is 16.4 Å². The zero-order valence-corrected chi connectivity index (χ0v) is 8.53. The third-order valence-electron chi connectivity index (χ3n) is 1.20. The van der Waals surface area contributed by atoms with E-state index in [1.807, 2.05) is 12.1 Å². The summed E-state index contributed by atoms with van der Waals surface area (Å²) >= 11 is 12.5. The van der Waals surface area contributed by atoms with Gasteiger partial charge in [0.25, 0.3) is 0 Å². The lowest BCUT2D eigenvalue weighted by Crippen LogP contribution is -2.00. The van der Waals surface area contributed by atoms with Gasteiger partial charge in [0.15, 0.2) is 0 Å². The molecule has 1 nitrogen and oxygen atoms in total. The summed E-state index contributed by atoms with van der Waals surface area (Å²) < 4.78 is 0. The summed E-state index contributed by atoms with van der Waals surface area (Å²) in [6.07, 6.45) is 0. The van der Waals surface area contributed by atoms with Gasteiger partial charge in [-0.1, -0.05) is 29.4 Å². The molecule has 12 heavy (non-hydrogen) atoms. The summed E-state index contributed by atoms with van der Waals surface area (Å²) in [6.45, 7) is 0. The van der Waals surface area contributed by atoms with E-state index in [1.165, 1.54) is 11.8 Å². The van der Waals surface area contributed by atoms with Gasteiger partial charge in [-0.05, 0) is 18.2 Å². The number of halogens is 2. The summed E-state index contributed by atoms with van der Waals surface area (Å²) in [5, 5.41) is 9.86. The van der Waals surface area contributed by atoms with E-state index in [4.69, 9.17) is 23.2 Å². The van der Waals surface area contributed by atoms with E-state index >= 15 is 0 Å². The van der Waals surface area contributed by atoms with Crippen molar-refractivity contribution in [2.75, 3.05) is 5.88 Å². The van der Waals surface area contributed by atoms with E-state index < -0.39 is 5.44 Å². The van der Waals surface area contributed by atoms with Crippen molar-refractivity contribution in [2.24, 2.45) is 0 Å². The van der Waals surface area contributed by atoms with Crippen molar-refractivity contribution < 1.29 is 5.11 Å². The highest BCUT2D eigenvalue weighted by Gasteiger charge is 2.03. The minimum Gasteiger partial charge on any atom is -0.381 e. The van der Waals surface area contributed by atoms with E-state index in [0.717, 1.165) is 4.90 Å². The van der Waals surface area contributed by atoms with Crippen molar-refractivity contribution in [3.8, 4) is 0 Å². The summed E-state index contributed by atoms with van der Waals surface area (Å²) in [6, 6.07) is 7.30. The average molecular weight is 223 g/mol. The number of rotatable bonds is 3. The quantitative estimate of drug-likeness (QED) is 0.483. The maximum atomic E-state index is 9.19. The molecule has 1 N–H and O–H groups in total. The molecule has 0 radical (unpaired) electrons. The molecule has 0 saturated carbocycles. The zero-order valence-electron chi connectivity index (χ0n) is 6.21. The lowest BCUT2D eigenvalue weighted by Gasteiger charge is -2.05. The van der Waals surface area contributed by atoms with E-state index in [9.17, 15) is 5.11 Å². The molecule has 0 saturated heterocycles. The van der Waals surface area contributed by atoms with Crippen LogP contribution in [0.2, 0.25) is 5.02 Å². The Balaban J connectivity index is 2.63. The minimum atomic E-state index is -0.565. The van der Waals surface area contributed by atoms with Crippen LogP contribution in [0.4, 0.5) is 0 Å². The molecular weight excluding hydrogens is 215 g/mol. The largest absolute Gasteiger partial charge is 0.381 e. The second kappa shape index (κ2) is 4.97. The summed E-state index contributed by atoms with van der Waals surface area (Å²) in [7, 11) is 0. The van der Waals surface area contributed by atoms with Crippen molar-refractivity contribution in [3.05, 3.63) is 29.3 Å². The molecule has 0 unspecified atom stereocenters. The van der Waals surface area contributed by atoms with Gasteiger partial charge in [-0.25, -0.2) is 0 Å². The molecule has 0 aliphatic carbocycles. The molecule has 66 valence electrons. The van der Waals surface area contributed by atoms with Gasteiger partial charge in [-0.3, -0.25) is 0 Å². The van der Waals surface area contributed by atoms with Crippen molar-refractivity contribution in [3.63, 3.8) is 0 Å². The van der Waals surface area contributed by atoms with Gasteiger partial charge in [0.05, 0.1) is 5.88 Å². The van der Waals surface area contributed by atoms with Crippen molar-refractivity contribution in [1.29, 1.82) is 0 Å². The summed E-state index contributed by atoms with van der Waals surface area (Å²) in [4.78, 5) is 0.927. The summed E-state index contributed by atoms with van der Waals surface area (Å²) in [5.41, 5.74) is -0.565. The van der Waals surface area contributed by atoms with Crippen LogP contribution in [0.25, 0.3) is 0 Å². The molecule has 0 bridgehead atoms. The summed E-state index contributed by atoms with van der Waals surface area (Å²) in [5.74, 6) is 0.219. The molecule has 0 aliphatic heterocycles. The van der Waals surface area contributed by atoms with Gasteiger partial charge in [-0.15, -0.1) is 11.6 Å². The normalized spacial score (nSPS) is 12.9. The molecule has 1 rings (SSSR count). The van der Waals surface area contributed by atoms with Crippen LogP contribution >= 0.6 is 35.0 Å². The molecule has 4 heteroatoms. The monoisotopic (exact) mass is 222 g/mol. The second-order valence-electron chi connectivity index (χ2n) is 2.18. The Morgan fingerprint density at radius 2 is 2.25 bits per heavy atom. The van der Waals surface area contributed by atoms with Gasteiger partial charge >= 0.3 is 0 Å². The number of aliphatic hydroxyl groups excluding tert-OH is 1. The second-order valence-corrected chi connectivity index (χ2v) is 4.18. The minimum absolute atomic E-state index is 0.219. The Kier molecular flexibility index (Phi) is 4.22. The Hall–Kier alpha value is 0.110. The van der Waals surface area contributed by atoms with E-state index in [-0.39, 0.29) is 5.88 Å². The maximum Gasteiger partial charge on any atom is 0.117 e. The van der Waals surface area contributed by atoms with Crippen LogP contribution in [0.3, 0.4) is 0 Å². The molecule has 1 aromatic carbocycles. The number of alkyl halides is 1. The number of aliphatic hydroxyl groups is 1. The van der Waals surface area contributed by atoms with Crippen LogP contribution in [0.5, 0.6) is 0 Å². The molecule has 1 aromatic rings. The fourth-order valence-corrected chi connectivity index (χ4v) is 1.90. The SMILES string of the molecule is O[C@H](CCl)Sc1cccc(Cl)c1. The smallest absolute Gasteiger partial charge is 0.117 e. The maximum absolute atomic E-state index is 9.19. The highest BCUT2D eigenvalue weighted by atomic mass is 35.5. The third-order valence-corrected chi connectivity index (χ3v) is 2.88. The Labute approximate surface area is 85.7 Å². The highest BCUT2D eigenvalue weighted by Crippen LogP contribution is 2.24. The first-order chi connectivity index (χ1) is 5.72. The number of hydrogen-bond acceptors (Lipinski definition) is 2. The Morgan fingerprint density at radius 3 is 2.83 bits per heavy atom. The van der Waals surface area contributed by atoms with Crippen molar-refractivity contribution >= 4 is 35.0 Å². The first-order valence-corrected chi connectivity index (χ1v) is 5.18. The number of benzene rings is 1. The van der Waals surface area contributed by atoms with Crippen molar-refractivity contribution in [1.82, 2.24) is 0 Å². The van der Waals surface area contributed by atoms with Crippen LogP contribution in [0.15, 0.2) is 29.2 Å². The lowest BCUT2D eigenvalue weighted by molar-refractivity contribution is 0.287. The van der Waals surface area contributed by atoms with Crippen LogP contribution in [-0.2, 0) is 0 Å². The predicted octanol–water partition coefficient (Wildman–Crippen LogP) is 2.99. The van der Waals surface area contributed by atoms with Crippen LogP contribution in [0.1, 0.15) is 0 Å². The number of thioether (sulfide) groups is 1. The molecule has 0 fully saturated rings. The van der Waals surface area contributed by atoms with Crippen LogP contribution < -0.4 is 0 Å². The molecular formula is C8H8Cl2OS. The first kappa shape index (κ1) is 10.2. The molecule has 0 amide bonds. The van der Waals surface area contributed by atoms with Crippen molar-refractivity contribution in [2.45, 2.75) is 10.3 Å². The Morgan fingerprint density at radius 1 is 1.50 bits per heavy atom. The molecule has 0 heterocycles. The van der Waals surface area contributed by atoms with E-state index in [1.54, 1.807) is 12.1 Å². The molecule has 0 aliphatic rings. The average Bonchev–Trinajstić information content (AvgIpc) is 2.04. The van der Waals surface area contributed by atoms with Gasteiger partial charge in [-0.2, -0.15) is 0 Å². The molecule has 0 aromatic heterocycles. The Bertz CT molecular complexity index is 255. The van der Waals surface area contributed by atoms with Gasteiger partial charge in [0.1, 0.15) is 5.44 Å². The van der Waals surface area contributed by atoms with Gasteiger partial charge in [0.2, 0.25) is 0 Å². The van der Waals surface area contributed by atoms with Crippen LogP contribution in [0, 0.1) is 0 Å². The zero-order chi connectivity index (χ0) is 8.97. The molecule has 0 spiro atoms. The number of hydrogen-bond donors (Lipinski definition) is 1. The van der Waals surface area contributed by atoms with E-state index in [0.29, 0.717) is 5.02 Å². The highest BCUT2D eigenvalue weighted by molar-refractivity contribution is 7.99. The topological polar surface area (TPSA) is 20.2 Å². The fraction of sp³-hybridized carbons (Fsp3) is 0.250. The van der Waals surface area contributed by atoms with Gasteiger partial charge in [0, 0.05) is 9.92 Å². The predicted molar refractivity (Wildman–Crippen MR) is 54.0 cm³/mol.